The normalized spacial score (nSPS) is 16.9. The average Bonchev–Trinajstić information content (AvgIpc) is 3.29. The van der Waals surface area contributed by atoms with Gasteiger partial charge in [0.05, 0.1) is 12.8 Å². The minimum absolute atomic E-state index is 0.249. The molecule has 1 saturated heterocycles. The van der Waals surface area contributed by atoms with E-state index in [1.54, 1.807) is 25.6 Å². The van der Waals surface area contributed by atoms with E-state index in [1.165, 1.54) is 5.56 Å². The standard InChI is InChI=1S/C23H26N4O3/c1-29-21-7-3-2-5-19(21)16-27-12-4-6-18(15-27)20-13-22(30-26-20)23(28)25-14-17-8-10-24-11-9-17/h2-3,5,7-11,13,18H,4,6,12,14-16H2,1H3,(H,25,28)/t18-/m0/s1. The van der Waals surface area contributed by atoms with E-state index < -0.39 is 0 Å². The van der Waals surface area contributed by atoms with Crippen LogP contribution in [-0.4, -0.2) is 41.1 Å². The summed E-state index contributed by atoms with van der Waals surface area (Å²) in [6, 6.07) is 13.6. The third-order valence-corrected chi connectivity index (χ3v) is 5.46. The van der Waals surface area contributed by atoms with Crippen LogP contribution < -0.4 is 10.1 Å². The molecule has 1 amide bonds. The number of pyridine rings is 1. The Morgan fingerprint density at radius 2 is 2.10 bits per heavy atom. The molecule has 1 atom stereocenters. The van der Waals surface area contributed by atoms with Crippen molar-refractivity contribution in [2.45, 2.75) is 31.8 Å². The number of methoxy groups -OCH3 is 1. The van der Waals surface area contributed by atoms with Gasteiger partial charge in [0.25, 0.3) is 5.91 Å². The highest BCUT2D eigenvalue weighted by Gasteiger charge is 2.26. The lowest BCUT2D eigenvalue weighted by molar-refractivity contribution is 0.0913. The van der Waals surface area contributed by atoms with Crippen molar-refractivity contribution in [3.05, 3.63) is 77.4 Å². The molecule has 0 unspecified atom stereocenters. The Morgan fingerprint density at radius 3 is 2.93 bits per heavy atom. The van der Waals surface area contributed by atoms with Gasteiger partial charge in [-0.2, -0.15) is 0 Å². The second-order valence-corrected chi connectivity index (χ2v) is 7.54. The predicted octanol–water partition coefficient (Wildman–Crippen LogP) is 3.39. The Morgan fingerprint density at radius 1 is 1.27 bits per heavy atom. The van der Waals surface area contributed by atoms with Crippen LogP contribution in [0.15, 0.2) is 59.4 Å². The van der Waals surface area contributed by atoms with Crippen molar-refractivity contribution in [3.63, 3.8) is 0 Å². The van der Waals surface area contributed by atoms with Gasteiger partial charge < -0.3 is 14.6 Å². The van der Waals surface area contributed by atoms with Crippen molar-refractivity contribution in [1.82, 2.24) is 20.4 Å². The van der Waals surface area contributed by atoms with Gasteiger partial charge in [-0.25, -0.2) is 0 Å². The van der Waals surface area contributed by atoms with Gasteiger partial charge in [0.1, 0.15) is 5.75 Å². The Labute approximate surface area is 176 Å². The quantitative estimate of drug-likeness (QED) is 0.648. The van der Waals surface area contributed by atoms with E-state index in [2.05, 4.69) is 26.4 Å². The topological polar surface area (TPSA) is 80.5 Å². The van der Waals surface area contributed by atoms with E-state index in [0.717, 1.165) is 49.5 Å². The van der Waals surface area contributed by atoms with Crippen LogP contribution in [0.5, 0.6) is 5.75 Å². The summed E-state index contributed by atoms with van der Waals surface area (Å²) in [5, 5.41) is 7.05. The van der Waals surface area contributed by atoms with Crippen LogP contribution in [0, 0.1) is 0 Å². The van der Waals surface area contributed by atoms with E-state index in [1.807, 2.05) is 30.3 Å². The van der Waals surface area contributed by atoms with E-state index in [9.17, 15) is 4.79 Å². The van der Waals surface area contributed by atoms with Crippen LogP contribution in [0.25, 0.3) is 0 Å². The number of hydrogen-bond donors (Lipinski definition) is 1. The lowest BCUT2D eigenvalue weighted by Gasteiger charge is -2.32. The number of aromatic nitrogens is 2. The first-order valence-electron chi connectivity index (χ1n) is 10.2. The molecule has 3 aromatic rings. The summed E-state index contributed by atoms with van der Waals surface area (Å²) < 4.78 is 10.8. The number of carbonyl (C=O) groups is 1. The number of ether oxygens (including phenoxy) is 1. The predicted molar refractivity (Wildman–Crippen MR) is 112 cm³/mol. The van der Waals surface area contributed by atoms with Crippen molar-refractivity contribution in [1.29, 1.82) is 0 Å². The van der Waals surface area contributed by atoms with Crippen molar-refractivity contribution in [2.24, 2.45) is 0 Å². The van der Waals surface area contributed by atoms with E-state index in [4.69, 9.17) is 9.26 Å². The molecule has 0 spiro atoms. The molecule has 1 N–H and O–H groups in total. The van der Waals surface area contributed by atoms with Crippen LogP contribution in [0.2, 0.25) is 0 Å². The largest absolute Gasteiger partial charge is 0.496 e. The second-order valence-electron chi connectivity index (χ2n) is 7.54. The highest BCUT2D eigenvalue weighted by Crippen LogP contribution is 2.29. The SMILES string of the molecule is COc1ccccc1CN1CCC[C@H](c2cc(C(=O)NCc3ccncc3)on2)C1. The van der Waals surface area contributed by atoms with Gasteiger partial charge in [0, 0.05) is 49.6 Å². The van der Waals surface area contributed by atoms with Gasteiger partial charge in [-0.1, -0.05) is 23.4 Å². The fraction of sp³-hybridized carbons (Fsp3) is 0.348. The monoisotopic (exact) mass is 406 g/mol. The van der Waals surface area contributed by atoms with Crippen LogP contribution in [0.3, 0.4) is 0 Å². The molecule has 0 bridgehead atoms. The minimum atomic E-state index is -0.257. The first-order valence-corrected chi connectivity index (χ1v) is 10.2. The first-order chi connectivity index (χ1) is 14.7. The Kier molecular flexibility index (Phi) is 6.39. The van der Waals surface area contributed by atoms with Gasteiger partial charge >= 0.3 is 0 Å². The Balaban J connectivity index is 1.36. The summed E-state index contributed by atoms with van der Waals surface area (Å²) >= 11 is 0. The van der Waals surface area contributed by atoms with Gasteiger partial charge in [0.15, 0.2) is 0 Å². The fourth-order valence-corrected chi connectivity index (χ4v) is 3.87. The number of amides is 1. The minimum Gasteiger partial charge on any atom is -0.496 e. The molecule has 4 rings (SSSR count). The van der Waals surface area contributed by atoms with Crippen molar-refractivity contribution >= 4 is 5.91 Å². The van der Waals surface area contributed by atoms with E-state index in [0.29, 0.717) is 6.54 Å². The number of benzene rings is 1. The molecule has 7 nitrogen and oxygen atoms in total. The molecular weight excluding hydrogens is 380 g/mol. The van der Waals surface area contributed by atoms with Crippen molar-refractivity contribution < 1.29 is 14.1 Å². The summed E-state index contributed by atoms with van der Waals surface area (Å²) in [5.74, 6) is 1.15. The molecule has 156 valence electrons. The van der Waals surface area contributed by atoms with Crippen molar-refractivity contribution in [2.75, 3.05) is 20.2 Å². The molecule has 0 saturated carbocycles. The van der Waals surface area contributed by atoms with Crippen LogP contribution in [-0.2, 0) is 13.1 Å². The molecule has 7 heteroatoms. The molecule has 1 aliphatic rings. The zero-order chi connectivity index (χ0) is 20.8. The lowest BCUT2D eigenvalue weighted by atomic mass is 9.94. The highest BCUT2D eigenvalue weighted by atomic mass is 16.5. The number of rotatable bonds is 7. The summed E-state index contributed by atoms with van der Waals surface area (Å²) in [6.45, 7) is 3.17. The lowest BCUT2D eigenvalue weighted by Crippen LogP contribution is -2.34. The van der Waals surface area contributed by atoms with Crippen LogP contribution in [0.4, 0.5) is 0 Å². The molecule has 1 aliphatic heterocycles. The van der Waals surface area contributed by atoms with Crippen LogP contribution >= 0.6 is 0 Å². The first kappa shape index (κ1) is 20.1. The summed E-state index contributed by atoms with van der Waals surface area (Å²) in [7, 11) is 1.70. The smallest absolute Gasteiger partial charge is 0.290 e. The maximum atomic E-state index is 12.4. The van der Waals surface area contributed by atoms with Crippen molar-refractivity contribution in [3.8, 4) is 5.75 Å². The number of nitrogens with one attached hydrogen (secondary N) is 1. The van der Waals surface area contributed by atoms with Crippen LogP contribution in [0.1, 0.15) is 46.1 Å². The number of para-hydroxylation sites is 1. The summed E-state index contributed by atoms with van der Waals surface area (Å²) in [4.78, 5) is 18.8. The molecule has 2 aromatic heterocycles. The fourth-order valence-electron chi connectivity index (χ4n) is 3.87. The molecule has 0 radical (unpaired) electrons. The highest BCUT2D eigenvalue weighted by molar-refractivity contribution is 5.91. The van der Waals surface area contributed by atoms with Gasteiger partial charge in [0.2, 0.25) is 5.76 Å². The number of carbonyl (C=O) groups excluding carboxylic acids is 1. The van der Waals surface area contributed by atoms with E-state index >= 15 is 0 Å². The average molecular weight is 406 g/mol. The molecule has 0 aliphatic carbocycles. The van der Waals surface area contributed by atoms with Gasteiger partial charge in [-0.05, 0) is 43.1 Å². The van der Waals surface area contributed by atoms with E-state index in [-0.39, 0.29) is 17.6 Å². The Bertz CT molecular complexity index is 973. The zero-order valence-corrected chi connectivity index (χ0v) is 17.1. The maximum absolute atomic E-state index is 12.4. The molecule has 30 heavy (non-hydrogen) atoms. The molecular formula is C23H26N4O3. The third-order valence-electron chi connectivity index (χ3n) is 5.46. The Hall–Kier alpha value is -3.19. The maximum Gasteiger partial charge on any atom is 0.290 e. The molecule has 1 aromatic carbocycles. The number of nitrogens with zero attached hydrogens (tertiary/aromatic N) is 3. The molecule has 3 heterocycles. The van der Waals surface area contributed by atoms with Gasteiger partial charge in [-0.15, -0.1) is 0 Å². The number of likely N-dealkylation sites (tertiary alicyclic amines) is 1. The second kappa shape index (κ2) is 9.54. The number of piperidine rings is 1. The summed E-state index contributed by atoms with van der Waals surface area (Å²) in [5.41, 5.74) is 3.00. The summed E-state index contributed by atoms with van der Waals surface area (Å²) in [6.07, 6.45) is 5.52. The zero-order valence-electron chi connectivity index (χ0n) is 17.1. The number of hydrogen-bond acceptors (Lipinski definition) is 6. The van der Waals surface area contributed by atoms with Gasteiger partial charge in [-0.3, -0.25) is 14.7 Å². The molecule has 1 fully saturated rings. The third kappa shape index (κ3) is 4.86.